The maximum Gasteiger partial charge on any atom is 1.00 e. The number of quaternary nitrogens is 1. The maximum atomic E-state index is 12.2. The third-order valence-electron chi connectivity index (χ3n) is 23.7. The average Bonchev–Trinajstić information content (AvgIpc) is 1.68. The molecule has 5 aromatic heterocycles. The number of hydrogen-bond donors (Lipinski definition) is 6. The molecule has 5 saturated heterocycles. The summed E-state index contributed by atoms with van der Waals surface area (Å²) in [7, 11) is -11.8. The van der Waals surface area contributed by atoms with E-state index in [-0.39, 0.29) is 141 Å². The monoisotopic (exact) mass is 2150 g/mol. The molecule has 149 heavy (non-hydrogen) atoms. The first-order valence-corrected chi connectivity index (χ1v) is 52.2. The quantitative estimate of drug-likeness (QED) is 0.00369. The Hall–Kier alpha value is -12.9. The number of Topliss-reactive ketones (excluding diaryl/α,β-unsaturated/α-hetero) is 4. The zero-order valence-electron chi connectivity index (χ0n) is 83.3. The molecule has 794 valence electrons. The maximum absolute atomic E-state index is 12.2. The molecule has 5 unspecified atom stereocenters. The van der Waals surface area contributed by atoms with Crippen molar-refractivity contribution in [2.75, 3.05) is 117 Å². The number of allylic oxidation sites excluding steroid dienone is 1. The SMILES string of the molecule is C/C=C/[P+](c1ccccc1)(c1ccccc1)c1ccccc1.C=CCON1C(=O)N2CC(n3ccc(CC(=O)CC)n3)=CC1C2.C=CCON1C(=O)N2CC(n3ccc(N)n3)=CC1C2.CCC(=O)Cc1ccn(C2=CC3CN(C2)C(=O)N3OS(=O)(=O)[O-])n1.CCC(=O)O.CC[NH+](CC)CC.O=C(CO)Cc1ccn(C2=CC3CN(C2)C(=O)N3OS(=O)(=O)[O-])n1.O=C(CO)Cc1ccn(C2=CC3CN(C2)C(=O)N3OSOOO)n1.[Na+]. The number of hydroxylamine groups is 10. The number of aliphatic hydroxyl groups is 2. The zero-order valence-corrected chi connectivity index (χ0v) is 88.6. The van der Waals surface area contributed by atoms with E-state index in [0.717, 1.165) is 27.8 Å². The second-order valence-corrected chi connectivity index (χ2v) is 39.5. The van der Waals surface area contributed by atoms with Gasteiger partial charge in [0.25, 0.3) is 0 Å². The van der Waals surface area contributed by atoms with E-state index in [1.165, 1.54) is 64.8 Å². The number of nitrogens with one attached hydrogen (secondary N) is 1. The van der Waals surface area contributed by atoms with Crippen LogP contribution in [0.4, 0.5) is 29.8 Å². The number of nitrogen functional groups attached to an aromatic ring is 1. The number of carboxylic acid groups (broad SMARTS) is 1. The first kappa shape index (κ1) is 118. The number of rotatable bonds is 39. The number of nitrogens with zero attached hydrogens (tertiary/aromatic N) is 20. The van der Waals surface area contributed by atoms with Crippen LogP contribution in [0, 0.1) is 0 Å². The van der Waals surface area contributed by atoms with Gasteiger partial charge in [0.2, 0.25) is 33.1 Å². The zero-order chi connectivity index (χ0) is 107. The fraction of sp³-hybridized carbons (Fsp3) is 0.379. The molecule has 5 atom stereocenters. The Labute approximate surface area is 887 Å². The van der Waals surface area contributed by atoms with Gasteiger partial charge in [-0.3, -0.25) is 33.6 Å². The number of urea groups is 5. The number of aliphatic hydroxyl groups excluding tert-OH is 2. The molecule has 0 aliphatic carbocycles. The molecule has 0 spiro atoms. The topological polar surface area (TPSA) is 583 Å². The molecule has 10 amide bonds. The van der Waals surface area contributed by atoms with Crippen molar-refractivity contribution in [3.63, 3.8) is 0 Å². The van der Waals surface area contributed by atoms with E-state index in [9.17, 15) is 73.9 Å². The van der Waals surface area contributed by atoms with Gasteiger partial charge in [-0.25, -0.2) is 69.5 Å². The standard InChI is InChI=1S/C21H20P.C16H20N4O3.C13H16N4O6S.C12H15N5O2.2C12H14N4O7S.C6H15N.C3H6O2.Na/c1-2-18-22(19-12-6-3-7-13-19,20-14-8-4-9-15-20)21-16-10-5-11-17-21;1-3-7-23-20-14-9-13(10-18(11-14)16(20)22)19-6-5-12(17-19)8-15(21)4-2;1-2-12(18)5-9-3-4-16(14-9)10-6-11-8-15(7-10)13(19)17(11)23-24(20,21)22;1-2-5-19-17-10-6-9(7-15(8-10)12(17)18)16-4-3-11(13)14-16;17-7-11(18)3-8-1-2-15(13-8)9-4-10-6-14(5-9)12(19)16(10)23-24(20,21)22;17-7-11(18)3-8-1-2-15(13-8)9-4-10-6-14(5-9)12(19)16(10)21-24-23-22-20;1-4-7(5-2)6-3;1-2-3(4)5;/h2-18H,1H3;3,5-6,9,14H,1,4,7-8,10-11H2,2H3;3-4,6,11H,2,5,7-8H2,1H3,(H,20,21,22);2-4,6,10H,1,5,7-8H2,(H2,13,14);1-2,4,10,17H,3,5-7H2,(H,20,21,22);1-2,4,10,17,20H,3,5-7H2;4-6H2,1-3H3;2H2,1H3,(H,4,5);/q+1;;;;;;;;+1/p-1/b18-2+;;;;;;;;. The third-order valence-corrected chi connectivity index (χ3v) is 28.8. The van der Waals surface area contributed by atoms with E-state index in [2.05, 4.69) is 187 Å². The summed E-state index contributed by atoms with van der Waals surface area (Å²) in [6.07, 6.45) is 24.7. The van der Waals surface area contributed by atoms with Crippen molar-refractivity contribution in [1.82, 2.24) is 98.7 Å². The number of ketones is 4. The van der Waals surface area contributed by atoms with Crippen LogP contribution < -0.4 is 56.1 Å². The summed E-state index contributed by atoms with van der Waals surface area (Å²) in [5.41, 5.74) is 11.7. The van der Waals surface area contributed by atoms with Gasteiger partial charge >= 0.3 is 65.7 Å². The second-order valence-electron chi connectivity index (χ2n) is 33.8. The number of carbonyl (C=O) groups is 10. The molecule has 0 saturated carbocycles. The van der Waals surface area contributed by atoms with Crippen molar-refractivity contribution in [3.8, 4) is 0 Å². The molecule has 0 radical (unpaired) electrons. The number of carboxylic acids is 1. The normalized spacial score (nSPS) is 18.1. The summed E-state index contributed by atoms with van der Waals surface area (Å²) in [5, 5.41) is 67.2. The van der Waals surface area contributed by atoms with E-state index in [0.29, 0.717) is 128 Å². The number of fused-ring (bicyclic) bond motifs is 10. The summed E-state index contributed by atoms with van der Waals surface area (Å²) in [6.45, 7) is 28.3. The van der Waals surface area contributed by atoms with Gasteiger partial charge in [-0.05, 0) is 119 Å². The van der Waals surface area contributed by atoms with Gasteiger partial charge in [0.1, 0.15) is 71.9 Å². The Bertz CT molecular complexity index is 6180. The van der Waals surface area contributed by atoms with Crippen LogP contribution in [0.5, 0.6) is 0 Å². The van der Waals surface area contributed by atoms with Crippen LogP contribution in [0.1, 0.15) is 90.5 Å². The molecule has 5 fully saturated rings. The Morgan fingerprint density at radius 2 is 0.732 bits per heavy atom. The summed E-state index contributed by atoms with van der Waals surface area (Å²) in [5.74, 6) is 1.65. The van der Waals surface area contributed by atoms with E-state index in [1.807, 2.05) is 37.4 Å². The molecule has 7 N–H and O–H groups in total. The number of carbonyl (C=O) groups excluding carboxylic acids is 9. The van der Waals surface area contributed by atoms with Crippen LogP contribution in [0.2, 0.25) is 0 Å². The average molecular weight is 2150 g/mol. The van der Waals surface area contributed by atoms with Crippen LogP contribution in [0.25, 0.3) is 28.5 Å². The predicted octanol–water partition coefficient (Wildman–Crippen LogP) is 1.92. The Morgan fingerprint density at radius 1 is 0.450 bits per heavy atom. The molecular formula is C95H119N22NaO27PS3+. The van der Waals surface area contributed by atoms with Crippen molar-refractivity contribution in [2.45, 2.75) is 124 Å². The molecule has 15 heterocycles. The van der Waals surface area contributed by atoms with Crippen LogP contribution in [-0.4, -0.2) is 346 Å². The number of anilines is 1. The van der Waals surface area contributed by atoms with Crippen LogP contribution in [-0.2, 0) is 102 Å². The van der Waals surface area contributed by atoms with Crippen molar-refractivity contribution in [1.29, 1.82) is 0 Å². The third kappa shape index (κ3) is 32.1. The largest absolute Gasteiger partial charge is 1.00 e. The smallest absolute Gasteiger partial charge is 0.724 e. The van der Waals surface area contributed by atoms with Crippen LogP contribution in [0.15, 0.2) is 220 Å². The minimum absolute atomic E-state index is 0. The fourth-order valence-corrected chi connectivity index (χ4v) is 21.4. The predicted molar refractivity (Wildman–Crippen MR) is 537 cm³/mol. The Balaban J connectivity index is 0.000000179. The van der Waals surface area contributed by atoms with Gasteiger partial charge in [0.15, 0.2) is 11.6 Å². The summed E-state index contributed by atoms with van der Waals surface area (Å²) in [6, 6.07) is 37.1. The Kier molecular flexibility index (Phi) is 44.4. The molecular weight excluding hydrogens is 2030 g/mol. The van der Waals surface area contributed by atoms with Gasteiger partial charge in [0, 0.05) is 89.0 Å². The van der Waals surface area contributed by atoms with Crippen LogP contribution >= 0.6 is 19.6 Å². The summed E-state index contributed by atoms with van der Waals surface area (Å²) < 4.78 is 90.0. The minimum atomic E-state index is -5.06. The molecule has 49 nitrogen and oxygen atoms in total. The number of aliphatic carboxylic acids is 1. The molecule has 8 aromatic rings. The van der Waals surface area contributed by atoms with E-state index < -0.39 is 71.4 Å². The number of amides is 10. The molecule has 10 aliphatic heterocycles. The molecule has 54 heteroatoms. The van der Waals surface area contributed by atoms with E-state index in [4.69, 9.17) is 40.3 Å². The first-order chi connectivity index (χ1) is 70.9. The van der Waals surface area contributed by atoms with Gasteiger partial charge < -0.3 is 59.6 Å². The second kappa shape index (κ2) is 56.1. The summed E-state index contributed by atoms with van der Waals surface area (Å²) in [4.78, 5) is 136. The number of nitrogens with two attached hydrogens (primary N) is 1. The molecule has 18 rings (SSSR count). The molecule has 3 aromatic carbocycles. The van der Waals surface area contributed by atoms with E-state index >= 15 is 0 Å². The van der Waals surface area contributed by atoms with Gasteiger partial charge in [-0.1, -0.05) is 98.6 Å². The van der Waals surface area contributed by atoms with Crippen molar-refractivity contribution < 1.29 is 161 Å². The Morgan fingerprint density at radius 3 is 0.987 bits per heavy atom. The molecule has 10 aliphatic rings. The van der Waals surface area contributed by atoms with E-state index in [1.54, 1.807) is 121 Å². The number of benzene rings is 3. The van der Waals surface area contributed by atoms with Crippen LogP contribution in [0.3, 0.4) is 0 Å². The van der Waals surface area contributed by atoms with Gasteiger partial charge in [0.05, 0.1) is 160 Å². The van der Waals surface area contributed by atoms with Gasteiger partial charge in [-0.2, -0.15) is 63.7 Å². The molecule has 10 bridgehead atoms. The van der Waals surface area contributed by atoms with Gasteiger partial charge in [-0.15, -0.1) is 17.5 Å². The minimum Gasteiger partial charge on any atom is -0.724 e. The first-order valence-electron chi connectivity index (χ1n) is 47.0. The summed E-state index contributed by atoms with van der Waals surface area (Å²) >= 11 is 0.307. The van der Waals surface area contributed by atoms with Crippen molar-refractivity contribution >= 4 is 150 Å². The fourth-order valence-electron chi connectivity index (χ4n) is 16.5. The van der Waals surface area contributed by atoms with Crippen molar-refractivity contribution in [2.24, 2.45) is 0 Å². The number of hydrogen-bond acceptors (Lipinski definition) is 33. The number of aromatic nitrogens is 10. The van der Waals surface area contributed by atoms with Crippen molar-refractivity contribution in [3.05, 3.63) is 243 Å².